The summed E-state index contributed by atoms with van der Waals surface area (Å²) in [6.07, 6.45) is 0.173. The fourth-order valence-electron chi connectivity index (χ4n) is 1.75. The van der Waals surface area contributed by atoms with Crippen molar-refractivity contribution < 1.29 is 0 Å². The van der Waals surface area contributed by atoms with Gasteiger partial charge in [0.15, 0.2) is 0 Å². The van der Waals surface area contributed by atoms with Gasteiger partial charge in [0.05, 0.1) is 6.17 Å². The van der Waals surface area contributed by atoms with Crippen molar-refractivity contribution in [2.75, 3.05) is 19.6 Å². The van der Waals surface area contributed by atoms with E-state index in [0.29, 0.717) is 0 Å². The van der Waals surface area contributed by atoms with Gasteiger partial charge in [-0.2, -0.15) is 0 Å². The van der Waals surface area contributed by atoms with Crippen molar-refractivity contribution in [1.82, 2.24) is 10.2 Å². The van der Waals surface area contributed by atoms with Gasteiger partial charge in [0, 0.05) is 25.2 Å². The summed E-state index contributed by atoms with van der Waals surface area (Å²) in [5.41, 5.74) is 6.06. The normalized spacial score (nSPS) is 28.4. The van der Waals surface area contributed by atoms with Gasteiger partial charge in [0.1, 0.15) is 0 Å². The summed E-state index contributed by atoms with van der Waals surface area (Å²) in [6.45, 7) is 9.66. The first kappa shape index (κ1) is 8.97. The maximum absolute atomic E-state index is 5.84. The Bertz CT molecular complexity index is 131. The molecular formula is C8H19N3. The van der Waals surface area contributed by atoms with Crippen molar-refractivity contribution >= 4 is 0 Å². The lowest BCUT2D eigenvalue weighted by molar-refractivity contribution is 0.0548. The highest BCUT2D eigenvalue weighted by atomic mass is 15.3. The molecule has 0 bridgehead atoms. The summed E-state index contributed by atoms with van der Waals surface area (Å²) >= 11 is 0. The molecule has 3 nitrogen and oxygen atoms in total. The van der Waals surface area contributed by atoms with E-state index >= 15 is 0 Å². The lowest BCUT2D eigenvalue weighted by atomic mass is 10.00. The topological polar surface area (TPSA) is 41.3 Å². The molecule has 0 aliphatic carbocycles. The van der Waals surface area contributed by atoms with Gasteiger partial charge in [-0.25, -0.2) is 0 Å². The van der Waals surface area contributed by atoms with Crippen LogP contribution in [0, 0.1) is 0 Å². The van der Waals surface area contributed by atoms with Crippen LogP contribution in [0.5, 0.6) is 0 Å². The minimum atomic E-state index is 0.173. The molecule has 1 rings (SSSR count). The average molecular weight is 157 g/mol. The summed E-state index contributed by atoms with van der Waals surface area (Å²) in [4.78, 5) is 2.34. The summed E-state index contributed by atoms with van der Waals surface area (Å²) in [7, 11) is 0. The first-order valence-electron chi connectivity index (χ1n) is 4.27. The number of nitrogens with zero attached hydrogens (tertiary/aromatic N) is 1. The van der Waals surface area contributed by atoms with Crippen LogP contribution in [0.2, 0.25) is 0 Å². The van der Waals surface area contributed by atoms with Crippen LogP contribution in [0.4, 0.5) is 0 Å². The van der Waals surface area contributed by atoms with Crippen LogP contribution in [-0.2, 0) is 0 Å². The minimum absolute atomic E-state index is 0.173. The molecule has 1 aliphatic heterocycles. The molecule has 1 saturated heterocycles. The molecule has 3 N–H and O–H groups in total. The van der Waals surface area contributed by atoms with E-state index in [9.17, 15) is 0 Å². The quantitative estimate of drug-likeness (QED) is 0.562. The van der Waals surface area contributed by atoms with Gasteiger partial charge in [-0.15, -0.1) is 0 Å². The number of nitrogens with one attached hydrogen (secondary N) is 1. The number of hydrogen-bond donors (Lipinski definition) is 2. The van der Waals surface area contributed by atoms with Crippen LogP contribution < -0.4 is 11.1 Å². The van der Waals surface area contributed by atoms with E-state index in [0.717, 1.165) is 19.6 Å². The monoisotopic (exact) mass is 157 g/mol. The second-order valence-corrected chi connectivity index (χ2v) is 3.92. The zero-order valence-corrected chi connectivity index (χ0v) is 7.72. The molecule has 0 amide bonds. The third-order valence-corrected chi connectivity index (χ3v) is 2.36. The van der Waals surface area contributed by atoms with Crippen LogP contribution in [0.25, 0.3) is 0 Å². The predicted octanol–water partition coefficient (Wildman–Crippen LogP) is -0.0251. The van der Waals surface area contributed by atoms with Crippen LogP contribution in [0.15, 0.2) is 0 Å². The van der Waals surface area contributed by atoms with E-state index in [1.54, 1.807) is 0 Å². The fourth-order valence-corrected chi connectivity index (χ4v) is 1.75. The van der Waals surface area contributed by atoms with Crippen molar-refractivity contribution in [2.45, 2.75) is 32.5 Å². The van der Waals surface area contributed by atoms with E-state index in [-0.39, 0.29) is 11.7 Å². The Labute approximate surface area is 68.9 Å². The lowest BCUT2D eigenvalue weighted by Gasteiger charge is -2.45. The minimum Gasteiger partial charge on any atom is -0.316 e. The Kier molecular flexibility index (Phi) is 2.52. The molecule has 1 fully saturated rings. The molecule has 1 atom stereocenters. The molecule has 0 aromatic carbocycles. The van der Waals surface area contributed by atoms with Crippen molar-refractivity contribution in [3.63, 3.8) is 0 Å². The Morgan fingerprint density at radius 2 is 2.18 bits per heavy atom. The highest BCUT2D eigenvalue weighted by Gasteiger charge is 2.31. The van der Waals surface area contributed by atoms with Crippen LogP contribution in [0.1, 0.15) is 20.8 Å². The third kappa shape index (κ3) is 1.92. The second kappa shape index (κ2) is 3.09. The number of nitrogens with two attached hydrogens (primary N) is 1. The van der Waals surface area contributed by atoms with Gasteiger partial charge >= 0.3 is 0 Å². The molecule has 0 aromatic heterocycles. The molecule has 0 aromatic rings. The summed E-state index contributed by atoms with van der Waals surface area (Å²) in [6, 6.07) is 0. The highest BCUT2D eigenvalue weighted by Crippen LogP contribution is 2.16. The van der Waals surface area contributed by atoms with Gasteiger partial charge in [0.2, 0.25) is 0 Å². The van der Waals surface area contributed by atoms with Crippen LogP contribution in [-0.4, -0.2) is 36.2 Å². The zero-order valence-electron chi connectivity index (χ0n) is 7.72. The summed E-state index contributed by atoms with van der Waals surface area (Å²) in [5, 5.41) is 3.36. The molecule has 0 saturated carbocycles. The highest BCUT2D eigenvalue weighted by molar-refractivity contribution is 4.89. The van der Waals surface area contributed by atoms with Crippen LogP contribution in [0.3, 0.4) is 0 Å². The molecule has 66 valence electrons. The number of rotatable bonds is 1. The Balaban J connectivity index is 2.60. The number of hydrogen-bond acceptors (Lipinski definition) is 3. The Hall–Kier alpha value is -0.120. The standard InChI is InChI=1S/C8H19N3/c1-7(9)11-5-4-10-6-8(11,2)3/h7,10H,4-6,9H2,1-3H3. The van der Waals surface area contributed by atoms with Gasteiger partial charge in [-0.05, 0) is 20.8 Å². The van der Waals surface area contributed by atoms with Crippen molar-refractivity contribution in [3.8, 4) is 0 Å². The molecule has 3 heteroatoms. The SMILES string of the molecule is CC(N)N1CCNCC1(C)C. The fraction of sp³-hybridized carbons (Fsp3) is 1.00. The largest absolute Gasteiger partial charge is 0.316 e. The maximum atomic E-state index is 5.84. The predicted molar refractivity (Wildman–Crippen MR) is 47.3 cm³/mol. The zero-order chi connectivity index (χ0) is 8.48. The first-order chi connectivity index (χ1) is 5.04. The van der Waals surface area contributed by atoms with Gasteiger partial charge < -0.3 is 11.1 Å². The maximum Gasteiger partial charge on any atom is 0.0548 e. The summed E-state index contributed by atoms with van der Waals surface area (Å²) < 4.78 is 0. The van der Waals surface area contributed by atoms with Crippen molar-refractivity contribution in [1.29, 1.82) is 0 Å². The molecule has 0 spiro atoms. The van der Waals surface area contributed by atoms with Crippen molar-refractivity contribution in [2.24, 2.45) is 5.73 Å². The average Bonchev–Trinajstić information content (AvgIpc) is 1.85. The molecule has 1 unspecified atom stereocenters. The smallest absolute Gasteiger partial charge is 0.0548 e. The summed E-state index contributed by atoms with van der Waals surface area (Å²) in [5.74, 6) is 0. The Morgan fingerprint density at radius 1 is 1.55 bits per heavy atom. The number of piperazine rings is 1. The molecular weight excluding hydrogens is 138 g/mol. The molecule has 1 aliphatic rings. The van der Waals surface area contributed by atoms with Crippen molar-refractivity contribution in [3.05, 3.63) is 0 Å². The Morgan fingerprint density at radius 3 is 2.55 bits per heavy atom. The molecule has 1 heterocycles. The van der Waals surface area contributed by atoms with E-state index in [1.807, 2.05) is 6.92 Å². The van der Waals surface area contributed by atoms with E-state index in [4.69, 9.17) is 5.73 Å². The van der Waals surface area contributed by atoms with Gasteiger partial charge in [-0.3, -0.25) is 4.90 Å². The van der Waals surface area contributed by atoms with Gasteiger partial charge in [-0.1, -0.05) is 0 Å². The second-order valence-electron chi connectivity index (χ2n) is 3.92. The van der Waals surface area contributed by atoms with E-state index in [2.05, 4.69) is 24.1 Å². The third-order valence-electron chi connectivity index (χ3n) is 2.36. The van der Waals surface area contributed by atoms with Gasteiger partial charge in [0.25, 0.3) is 0 Å². The molecule has 0 radical (unpaired) electrons. The van der Waals surface area contributed by atoms with E-state index in [1.165, 1.54) is 0 Å². The molecule has 11 heavy (non-hydrogen) atoms. The van der Waals surface area contributed by atoms with E-state index < -0.39 is 0 Å². The lowest BCUT2D eigenvalue weighted by Crippen LogP contribution is -2.62. The van der Waals surface area contributed by atoms with Crippen LogP contribution >= 0.6 is 0 Å². The first-order valence-corrected chi connectivity index (χ1v) is 4.27.